The minimum atomic E-state index is -0.543. The molecule has 0 saturated carbocycles. The fourth-order valence-corrected chi connectivity index (χ4v) is 2.65. The zero-order valence-electron chi connectivity index (χ0n) is 14.5. The highest BCUT2D eigenvalue weighted by Crippen LogP contribution is 2.06. The number of carbonyl (C=O) groups is 3. The van der Waals surface area contributed by atoms with Crippen molar-refractivity contribution in [1.82, 2.24) is 20.4 Å². The molecular formula is C17H24FN5O3. The van der Waals surface area contributed by atoms with Crippen molar-refractivity contribution in [1.29, 1.82) is 0 Å². The summed E-state index contributed by atoms with van der Waals surface area (Å²) in [6.45, 7) is 3.28. The molecule has 1 aromatic rings. The lowest BCUT2D eigenvalue weighted by Gasteiger charge is -2.34. The molecule has 0 aromatic heterocycles. The van der Waals surface area contributed by atoms with E-state index in [0.717, 1.165) is 0 Å². The molecule has 0 radical (unpaired) electrons. The molecule has 9 heteroatoms. The predicted molar refractivity (Wildman–Crippen MR) is 93.8 cm³/mol. The zero-order chi connectivity index (χ0) is 18.9. The Kier molecular flexibility index (Phi) is 7.49. The van der Waals surface area contributed by atoms with Crippen LogP contribution in [-0.2, 0) is 9.59 Å². The van der Waals surface area contributed by atoms with Crippen LogP contribution in [0.5, 0.6) is 0 Å². The second-order valence-corrected chi connectivity index (χ2v) is 5.94. The minimum Gasteiger partial charge on any atom is -0.351 e. The number of carbonyl (C=O) groups excluding carboxylic acids is 3. The first-order chi connectivity index (χ1) is 12.5. The van der Waals surface area contributed by atoms with Crippen LogP contribution < -0.4 is 16.4 Å². The summed E-state index contributed by atoms with van der Waals surface area (Å²) in [6, 6.07) is 5.85. The lowest BCUT2D eigenvalue weighted by atomic mass is 10.2. The number of amides is 3. The smallest absolute Gasteiger partial charge is 0.254 e. The molecule has 8 nitrogen and oxygen atoms in total. The Morgan fingerprint density at radius 3 is 2.42 bits per heavy atom. The average Bonchev–Trinajstić information content (AvgIpc) is 2.66. The Labute approximate surface area is 151 Å². The zero-order valence-corrected chi connectivity index (χ0v) is 14.5. The third-order valence-corrected chi connectivity index (χ3v) is 4.18. The molecule has 1 aliphatic heterocycles. The van der Waals surface area contributed by atoms with Gasteiger partial charge in [0.2, 0.25) is 11.8 Å². The van der Waals surface area contributed by atoms with Crippen molar-refractivity contribution in [3.8, 4) is 0 Å². The third-order valence-electron chi connectivity index (χ3n) is 4.18. The average molecular weight is 365 g/mol. The van der Waals surface area contributed by atoms with Crippen LogP contribution in [0.3, 0.4) is 0 Å². The number of piperazine rings is 1. The van der Waals surface area contributed by atoms with Crippen LogP contribution >= 0.6 is 0 Å². The molecule has 0 aliphatic carbocycles. The van der Waals surface area contributed by atoms with Gasteiger partial charge in [-0.2, -0.15) is 0 Å². The maximum atomic E-state index is 13.5. The van der Waals surface area contributed by atoms with Gasteiger partial charge >= 0.3 is 0 Å². The Morgan fingerprint density at radius 2 is 1.77 bits per heavy atom. The lowest BCUT2D eigenvalue weighted by molar-refractivity contribution is -0.134. The molecule has 1 saturated heterocycles. The quantitative estimate of drug-likeness (QED) is 0.561. The van der Waals surface area contributed by atoms with E-state index in [2.05, 4.69) is 15.5 Å². The van der Waals surface area contributed by atoms with E-state index in [1.54, 1.807) is 11.0 Å². The molecule has 0 atom stereocenters. The summed E-state index contributed by atoms with van der Waals surface area (Å²) in [5.74, 6) is -1.48. The molecule has 1 fully saturated rings. The number of nitrogens with zero attached hydrogens (tertiary/aromatic N) is 2. The van der Waals surface area contributed by atoms with Crippen molar-refractivity contribution in [2.45, 2.75) is 0 Å². The molecule has 1 heterocycles. The normalized spacial score (nSPS) is 14.8. The molecule has 1 aliphatic rings. The molecule has 2 rings (SSSR count). The van der Waals surface area contributed by atoms with Crippen LogP contribution in [0.25, 0.3) is 0 Å². The molecular weight excluding hydrogens is 341 g/mol. The number of halogens is 1. The van der Waals surface area contributed by atoms with E-state index in [-0.39, 0.29) is 30.5 Å². The van der Waals surface area contributed by atoms with E-state index in [4.69, 9.17) is 5.73 Å². The molecule has 4 N–H and O–H groups in total. The minimum absolute atomic E-state index is 0.0300. The maximum Gasteiger partial charge on any atom is 0.254 e. The number of hydrogen-bond donors (Lipinski definition) is 3. The lowest BCUT2D eigenvalue weighted by Crippen LogP contribution is -2.52. The van der Waals surface area contributed by atoms with E-state index in [1.165, 1.54) is 18.2 Å². The van der Waals surface area contributed by atoms with Crippen molar-refractivity contribution in [2.24, 2.45) is 5.73 Å². The Morgan fingerprint density at radius 1 is 1.08 bits per heavy atom. The van der Waals surface area contributed by atoms with Crippen LogP contribution in [0, 0.1) is 5.82 Å². The number of nitrogens with one attached hydrogen (secondary N) is 2. The summed E-state index contributed by atoms with van der Waals surface area (Å²) in [6.07, 6.45) is 0. The van der Waals surface area contributed by atoms with E-state index in [1.807, 2.05) is 0 Å². The molecule has 26 heavy (non-hydrogen) atoms. The van der Waals surface area contributed by atoms with Gasteiger partial charge in [-0.3, -0.25) is 19.3 Å². The molecule has 0 spiro atoms. The first kappa shape index (κ1) is 19.8. The number of benzene rings is 1. The second kappa shape index (κ2) is 9.83. The van der Waals surface area contributed by atoms with Gasteiger partial charge in [-0.05, 0) is 12.1 Å². The second-order valence-electron chi connectivity index (χ2n) is 5.94. The Hall–Kier alpha value is -2.52. The molecule has 3 amide bonds. The van der Waals surface area contributed by atoms with Gasteiger partial charge in [0.1, 0.15) is 5.82 Å². The molecule has 142 valence electrons. The van der Waals surface area contributed by atoms with Crippen LogP contribution in [-0.4, -0.2) is 79.9 Å². The van der Waals surface area contributed by atoms with Crippen LogP contribution in [0.15, 0.2) is 24.3 Å². The highest BCUT2D eigenvalue weighted by Gasteiger charge is 2.21. The van der Waals surface area contributed by atoms with Gasteiger partial charge in [-0.1, -0.05) is 12.1 Å². The van der Waals surface area contributed by atoms with Gasteiger partial charge in [-0.15, -0.1) is 0 Å². The van der Waals surface area contributed by atoms with E-state index < -0.39 is 11.7 Å². The topological polar surface area (TPSA) is 108 Å². The highest BCUT2D eigenvalue weighted by molar-refractivity contribution is 5.94. The van der Waals surface area contributed by atoms with Crippen LogP contribution in [0.2, 0.25) is 0 Å². The monoisotopic (exact) mass is 365 g/mol. The number of nitrogens with two attached hydrogens (primary N) is 1. The molecule has 0 bridgehead atoms. The van der Waals surface area contributed by atoms with Crippen molar-refractivity contribution < 1.29 is 18.8 Å². The number of rotatable bonds is 7. The van der Waals surface area contributed by atoms with E-state index in [0.29, 0.717) is 39.3 Å². The standard InChI is InChI=1S/C17H24FN5O3/c18-14-4-2-1-3-13(14)17(26)20-5-6-22-7-9-23(10-8-22)16(25)12-21-15(24)11-19/h1-4H,5-12,19H2,(H,20,26)(H,21,24). The summed E-state index contributed by atoms with van der Waals surface area (Å²) in [5.41, 5.74) is 5.20. The van der Waals surface area contributed by atoms with Crippen molar-refractivity contribution in [2.75, 3.05) is 52.4 Å². The SMILES string of the molecule is NCC(=O)NCC(=O)N1CCN(CCNC(=O)c2ccccc2F)CC1. The highest BCUT2D eigenvalue weighted by atomic mass is 19.1. The first-order valence-electron chi connectivity index (χ1n) is 8.51. The third kappa shape index (κ3) is 5.78. The Balaban J connectivity index is 1.66. The fourth-order valence-electron chi connectivity index (χ4n) is 2.65. The van der Waals surface area contributed by atoms with Crippen molar-refractivity contribution in [3.05, 3.63) is 35.6 Å². The van der Waals surface area contributed by atoms with Crippen molar-refractivity contribution >= 4 is 17.7 Å². The van der Waals surface area contributed by atoms with Gasteiger partial charge in [0.25, 0.3) is 5.91 Å². The van der Waals surface area contributed by atoms with Gasteiger partial charge in [0, 0.05) is 39.3 Å². The van der Waals surface area contributed by atoms with Gasteiger partial charge in [0.05, 0.1) is 18.7 Å². The molecule has 0 unspecified atom stereocenters. The first-order valence-corrected chi connectivity index (χ1v) is 8.51. The fraction of sp³-hybridized carbons (Fsp3) is 0.471. The summed E-state index contributed by atoms with van der Waals surface area (Å²) >= 11 is 0. The van der Waals surface area contributed by atoms with Crippen LogP contribution in [0.4, 0.5) is 4.39 Å². The van der Waals surface area contributed by atoms with Gasteiger partial charge in [-0.25, -0.2) is 4.39 Å². The summed E-state index contributed by atoms with van der Waals surface area (Å²) in [7, 11) is 0. The Bertz CT molecular complexity index is 647. The predicted octanol–water partition coefficient (Wildman–Crippen LogP) is -1.23. The van der Waals surface area contributed by atoms with Gasteiger partial charge in [0.15, 0.2) is 0 Å². The number of hydrogen-bond acceptors (Lipinski definition) is 5. The van der Waals surface area contributed by atoms with Crippen molar-refractivity contribution in [3.63, 3.8) is 0 Å². The summed E-state index contributed by atoms with van der Waals surface area (Å²) in [5, 5.41) is 5.16. The van der Waals surface area contributed by atoms with E-state index in [9.17, 15) is 18.8 Å². The largest absolute Gasteiger partial charge is 0.351 e. The van der Waals surface area contributed by atoms with E-state index >= 15 is 0 Å². The maximum absolute atomic E-state index is 13.5. The summed E-state index contributed by atoms with van der Waals surface area (Å²) < 4.78 is 13.5. The summed E-state index contributed by atoms with van der Waals surface area (Å²) in [4.78, 5) is 38.8. The molecule has 1 aromatic carbocycles. The van der Waals surface area contributed by atoms with Crippen LogP contribution in [0.1, 0.15) is 10.4 Å². The van der Waals surface area contributed by atoms with Gasteiger partial charge < -0.3 is 21.3 Å².